The van der Waals surface area contributed by atoms with Crippen LogP contribution >= 0.6 is 0 Å². The van der Waals surface area contributed by atoms with Gasteiger partial charge in [0.15, 0.2) is 11.9 Å². The molecule has 0 aliphatic heterocycles. The highest BCUT2D eigenvalue weighted by Gasteiger charge is 2.31. The van der Waals surface area contributed by atoms with E-state index in [1.54, 1.807) is 6.20 Å². The van der Waals surface area contributed by atoms with Crippen molar-refractivity contribution in [2.45, 2.75) is 76.5 Å². The summed E-state index contributed by atoms with van der Waals surface area (Å²) in [6.45, 7) is 1.43. The van der Waals surface area contributed by atoms with E-state index in [-0.39, 0.29) is 17.7 Å². The molecule has 196 valence electrons. The van der Waals surface area contributed by atoms with E-state index in [0.717, 1.165) is 36.8 Å². The Morgan fingerprint density at radius 3 is 2.35 bits per heavy atom. The van der Waals surface area contributed by atoms with Crippen LogP contribution in [0.1, 0.15) is 69.4 Å². The Bertz CT molecular complexity index is 1130. The second kappa shape index (κ2) is 13.2. The SMILES string of the molecule is CC(=O)N[C@@H](CC1CCCCC1)C(=O)N[C@@H](CCc1ccccc1)C(O)c1ncc(-c2ccccc2)o1. The largest absolute Gasteiger partial charge is 0.438 e. The van der Waals surface area contributed by atoms with Gasteiger partial charge in [0.05, 0.1) is 12.2 Å². The van der Waals surface area contributed by atoms with Crippen molar-refractivity contribution in [2.75, 3.05) is 0 Å². The Labute approximate surface area is 218 Å². The fourth-order valence-electron chi connectivity index (χ4n) is 5.12. The topological polar surface area (TPSA) is 104 Å². The number of rotatable bonds is 11. The van der Waals surface area contributed by atoms with Crippen molar-refractivity contribution in [3.8, 4) is 11.3 Å². The van der Waals surface area contributed by atoms with Gasteiger partial charge in [-0.25, -0.2) is 4.98 Å². The number of carbonyl (C=O) groups is 2. The summed E-state index contributed by atoms with van der Waals surface area (Å²) >= 11 is 0. The van der Waals surface area contributed by atoms with Crippen LogP contribution in [0, 0.1) is 5.92 Å². The number of nitrogens with one attached hydrogen (secondary N) is 2. The molecular weight excluding hydrogens is 466 g/mol. The molecule has 1 aliphatic carbocycles. The van der Waals surface area contributed by atoms with Gasteiger partial charge in [-0.1, -0.05) is 92.8 Å². The molecule has 0 bridgehead atoms. The molecule has 2 aromatic carbocycles. The van der Waals surface area contributed by atoms with Gasteiger partial charge < -0.3 is 20.2 Å². The summed E-state index contributed by atoms with van der Waals surface area (Å²) in [5.41, 5.74) is 1.96. The lowest BCUT2D eigenvalue weighted by Crippen LogP contribution is -2.51. The normalized spacial score (nSPS) is 16.5. The monoisotopic (exact) mass is 503 g/mol. The van der Waals surface area contributed by atoms with Gasteiger partial charge in [0.25, 0.3) is 0 Å². The zero-order valence-corrected chi connectivity index (χ0v) is 21.4. The van der Waals surface area contributed by atoms with Crippen molar-refractivity contribution in [1.82, 2.24) is 15.6 Å². The quantitative estimate of drug-likeness (QED) is 0.343. The number of aliphatic hydroxyl groups is 1. The summed E-state index contributed by atoms with van der Waals surface area (Å²) in [6.07, 6.45) is 7.87. The number of benzene rings is 2. The maximum atomic E-state index is 13.4. The molecule has 1 aliphatic rings. The minimum atomic E-state index is -1.14. The summed E-state index contributed by atoms with van der Waals surface area (Å²) in [5.74, 6) is 0.589. The van der Waals surface area contributed by atoms with Crippen molar-refractivity contribution >= 4 is 11.8 Å². The first-order valence-electron chi connectivity index (χ1n) is 13.3. The van der Waals surface area contributed by atoms with Gasteiger partial charge in [-0.2, -0.15) is 0 Å². The Balaban J connectivity index is 1.51. The van der Waals surface area contributed by atoms with Crippen LogP contribution in [0.2, 0.25) is 0 Å². The van der Waals surface area contributed by atoms with Crippen molar-refractivity contribution in [1.29, 1.82) is 0 Å². The molecule has 0 radical (unpaired) electrons. The number of hydrogen-bond acceptors (Lipinski definition) is 5. The third-order valence-corrected chi connectivity index (χ3v) is 7.12. The molecule has 0 spiro atoms. The van der Waals surface area contributed by atoms with Gasteiger partial charge in [-0.3, -0.25) is 9.59 Å². The summed E-state index contributed by atoms with van der Waals surface area (Å²) in [4.78, 5) is 29.7. The minimum Gasteiger partial charge on any atom is -0.438 e. The van der Waals surface area contributed by atoms with E-state index in [9.17, 15) is 14.7 Å². The minimum absolute atomic E-state index is 0.153. The zero-order chi connectivity index (χ0) is 26.0. The number of oxazole rings is 1. The third-order valence-electron chi connectivity index (χ3n) is 7.12. The fourth-order valence-corrected chi connectivity index (χ4v) is 5.12. The maximum Gasteiger partial charge on any atom is 0.242 e. The first kappa shape index (κ1) is 26.6. The Kier molecular flexibility index (Phi) is 9.49. The van der Waals surface area contributed by atoms with Crippen LogP contribution in [0.15, 0.2) is 71.3 Å². The molecule has 3 N–H and O–H groups in total. The van der Waals surface area contributed by atoms with E-state index < -0.39 is 18.2 Å². The molecular formula is C30H37N3O4. The number of aryl methyl sites for hydroxylation is 1. The number of amides is 2. The van der Waals surface area contributed by atoms with Crippen LogP contribution in [0.3, 0.4) is 0 Å². The highest BCUT2D eigenvalue weighted by molar-refractivity contribution is 5.87. The first-order valence-corrected chi connectivity index (χ1v) is 13.3. The molecule has 1 heterocycles. The Morgan fingerprint density at radius 1 is 1.00 bits per heavy atom. The molecule has 1 unspecified atom stereocenters. The van der Waals surface area contributed by atoms with Gasteiger partial charge >= 0.3 is 0 Å². The molecule has 1 fully saturated rings. The number of hydrogen-bond donors (Lipinski definition) is 3. The molecule has 37 heavy (non-hydrogen) atoms. The van der Waals surface area contributed by atoms with Crippen LogP contribution in [0.4, 0.5) is 0 Å². The lowest BCUT2D eigenvalue weighted by Gasteiger charge is -2.29. The second-order valence-corrected chi connectivity index (χ2v) is 10.0. The standard InChI is InChI=1S/C30H37N3O4/c1-21(34)32-26(19-23-13-7-3-8-14-23)29(36)33-25(18-17-22-11-5-2-6-12-22)28(35)30-31-20-27(37-30)24-15-9-4-10-16-24/h2,4-6,9-12,15-16,20,23,25-26,28,35H,3,7-8,13-14,17-19H2,1H3,(H,32,34)(H,33,36)/t25-,26-,28?/m0/s1. The molecule has 4 rings (SSSR count). The summed E-state index contributed by atoms with van der Waals surface area (Å²) < 4.78 is 5.91. The van der Waals surface area contributed by atoms with E-state index in [1.807, 2.05) is 60.7 Å². The smallest absolute Gasteiger partial charge is 0.242 e. The van der Waals surface area contributed by atoms with Crippen molar-refractivity contribution < 1.29 is 19.1 Å². The third kappa shape index (κ3) is 7.76. The molecule has 1 saturated carbocycles. The van der Waals surface area contributed by atoms with Crippen LogP contribution in [-0.2, 0) is 16.0 Å². The lowest BCUT2D eigenvalue weighted by molar-refractivity contribution is -0.129. The van der Waals surface area contributed by atoms with Crippen molar-refractivity contribution in [3.63, 3.8) is 0 Å². The second-order valence-electron chi connectivity index (χ2n) is 10.0. The van der Waals surface area contributed by atoms with Crippen molar-refractivity contribution in [3.05, 3.63) is 78.3 Å². The average molecular weight is 504 g/mol. The van der Waals surface area contributed by atoms with E-state index in [2.05, 4.69) is 15.6 Å². The van der Waals surface area contributed by atoms with Gasteiger partial charge in [-0.15, -0.1) is 0 Å². The Hall–Kier alpha value is -3.45. The Morgan fingerprint density at radius 2 is 1.68 bits per heavy atom. The fraction of sp³-hybridized carbons (Fsp3) is 0.433. The van der Waals surface area contributed by atoms with Crippen LogP contribution < -0.4 is 10.6 Å². The molecule has 0 saturated heterocycles. The van der Waals surface area contributed by atoms with Crippen LogP contribution in [0.25, 0.3) is 11.3 Å². The molecule has 7 heteroatoms. The van der Waals surface area contributed by atoms with Crippen LogP contribution in [-0.4, -0.2) is 34.0 Å². The summed E-state index contributed by atoms with van der Waals surface area (Å²) in [6, 6.07) is 18.2. The number of aliphatic hydroxyl groups excluding tert-OH is 1. The van der Waals surface area contributed by atoms with Gasteiger partial charge in [-0.05, 0) is 30.7 Å². The predicted octanol–water partition coefficient (Wildman–Crippen LogP) is 4.97. The van der Waals surface area contributed by atoms with Gasteiger partial charge in [0.2, 0.25) is 17.7 Å². The first-order chi connectivity index (χ1) is 18.0. The van der Waals surface area contributed by atoms with Gasteiger partial charge in [0, 0.05) is 12.5 Å². The van der Waals surface area contributed by atoms with E-state index in [4.69, 9.17) is 4.42 Å². The zero-order valence-electron chi connectivity index (χ0n) is 21.4. The van der Waals surface area contributed by atoms with E-state index in [0.29, 0.717) is 30.9 Å². The molecule has 7 nitrogen and oxygen atoms in total. The summed E-state index contributed by atoms with van der Waals surface area (Å²) in [7, 11) is 0. The highest BCUT2D eigenvalue weighted by Crippen LogP contribution is 2.29. The maximum absolute atomic E-state index is 13.4. The average Bonchev–Trinajstić information content (AvgIpc) is 3.42. The molecule has 3 aromatic rings. The lowest BCUT2D eigenvalue weighted by atomic mass is 9.84. The number of carbonyl (C=O) groups excluding carboxylic acids is 2. The van der Waals surface area contributed by atoms with E-state index >= 15 is 0 Å². The van der Waals surface area contributed by atoms with Gasteiger partial charge in [0.1, 0.15) is 6.04 Å². The molecule has 2 amide bonds. The van der Waals surface area contributed by atoms with E-state index in [1.165, 1.54) is 13.3 Å². The predicted molar refractivity (Wildman–Crippen MR) is 142 cm³/mol. The van der Waals surface area contributed by atoms with Crippen molar-refractivity contribution in [2.24, 2.45) is 5.92 Å². The molecule has 1 aromatic heterocycles. The highest BCUT2D eigenvalue weighted by atomic mass is 16.4. The summed E-state index contributed by atoms with van der Waals surface area (Å²) in [5, 5.41) is 17.2. The number of nitrogens with zero attached hydrogens (tertiary/aromatic N) is 1. The van der Waals surface area contributed by atoms with Crippen LogP contribution in [0.5, 0.6) is 0 Å². The molecule has 3 atom stereocenters. The number of aromatic nitrogens is 1.